The first-order valence-corrected chi connectivity index (χ1v) is 6.43. The Hall–Kier alpha value is -0.130. The number of hydrogen-bond donors (Lipinski definition) is 0. The van der Waals surface area contributed by atoms with E-state index in [0.29, 0.717) is 0 Å². The van der Waals surface area contributed by atoms with Crippen LogP contribution in [0.25, 0.3) is 0 Å². The van der Waals surface area contributed by atoms with Crippen molar-refractivity contribution in [3.05, 3.63) is 0 Å². The Morgan fingerprint density at radius 3 is 2.77 bits per heavy atom. The second kappa shape index (κ2) is 4.39. The maximum Gasteiger partial charge on any atom is 0.264 e. The Balaban J connectivity index is 2.43. The summed E-state index contributed by atoms with van der Waals surface area (Å²) in [5.41, 5.74) is 0. The van der Waals surface area contributed by atoms with Crippen LogP contribution in [0.15, 0.2) is 0 Å². The van der Waals surface area contributed by atoms with Gasteiger partial charge in [0.1, 0.15) is 0 Å². The van der Waals surface area contributed by atoms with Crippen LogP contribution in [0.1, 0.15) is 19.8 Å². The Bertz CT molecular complexity index is 250. The van der Waals surface area contributed by atoms with Gasteiger partial charge in [0.25, 0.3) is 10.1 Å². The summed E-state index contributed by atoms with van der Waals surface area (Å²) >= 11 is 0. The number of hydrogen-bond acceptors (Lipinski definition) is 4. The first kappa shape index (κ1) is 10.9. The van der Waals surface area contributed by atoms with Gasteiger partial charge in [0, 0.05) is 6.54 Å². The average Bonchev–Trinajstić information content (AvgIpc) is 2.01. The van der Waals surface area contributed by atoms with E-state index in [1.54, 1.807) is 0 Å². The minimum Gasteiger partial charge on any atom is -0.301 e. The van der Waals surface area contributed by atoms with Gasteiger partial charge in [0.2, 0.25) is 0 Å². The van der Waals surface area contributed by atoms with Gasteiger partial charge in [-0.05, 0) is 25.9 Å². The first-order valence-electron chi connectivity index (χ1n) is 4.62. The zero-order valence-corrected chi connectivity index (χ0v) is 9.01. The Morgan fingerprint density at radius 1 is 1.54 bits per heavy atom. The van der Waals surface area contributed by atoms with Gasteiger partial charge in [-0.15, -0.1) is 0 Å². The highest BCUT2D eigenvalue weighted by atomic mass is 32.2. The minimum absolute atomic E-state index is 0.135. The van der Waals surface area contributed by atoms with E-state index in [2.05, 4.69) is 11.8 Å². The number of likely N-dealkylation sites (N-methyl/N-ethyl adjacent to an activating group) is 1. The summed E-state index contributed by atoms with van der Waals surface area (Å²) in [4.78, 5) is 2.21. The molecule has 1 heterocycles. The second-order valence-corrected chi connectivity index (χ2v) is 5.06. The molecule has 0 radical (unpaired) electrons. The monoisotopic (exact) mass is 207 g/mol. The predicted molar refractivity (Wildman–Crippen MR) is 51.1 cm³/mol. The molecular formula is C8H17NO3S. The Morgan fingerprint density at radius 2 is 2.23 bits per heavy atom. The molecule has 0 aliphatic carbocycles. The highest BCUT2D eigenvalue weighted by Crippen LogP contribution is 2.14. The van der Waals surface area contributed by atoms with Crippen molar-refractivity contribution in [1.82, 2.24) is 4.90 Å². The fraction of sp³-hybridized carbons (Fsp3) is 1.00. The van der Waals surface area contributed by atoms with Gasteiger partial charge in [-0.1, -0.05) is 6.92 Å². The van der Waals surface area contributed by atoms with Crippen LogP contribution >= 0.6 is 0 Å². The molecule has 0 aromatic rings. The molecule has 0 N–H and O–H groups in total. The summed E-state index contributed by atoms with van der Waals surface area (Å²) in [5, 5.41) is 0. The predicted octanol–water partition coefficient (Wildman–Crippen LogP) is 0.447. The van der Waals surface area contributed by atoms with E-state index >= 15 is 0 Å². The third kappa shape index (κ3) is 4.06. The quantitative estimate of drug-likeness (QED) is 0.630. The molecule has 1 atom stereocenters. The molecule has 1 unspecified atom stereocenters. The molecular weight excluding hydrogens is 190 g/mol. The van der Waals surface area contributed by atoms with Gasteiger partial charge in [-0.3, -0.25) is 4.18 Å². The molecule has 1 aliphatic heterocycles. The largest absolute Gasteiger partial charge is 0.301 e. The van der Waals surface area contributed by atoms with Crippen molar-refractivity contribution < 1.29 is 12.6 Å². The molecule has 0 aromatic heterocycles. The number of likely N-dealkylation sites (tertiary alicyclic amines) is 1. The maximum atomic E-state index is 10.9. The lowest BCUT2D eigenvalue weighted by molar-refractivity contribution is 0.0978. The molecule has 0 aromatic carbocycles. The highest BCUT2D eigenvalue weighted by molar-refractivity contribution is 7.86. The molecule has 78 valence electrons. The van der Waals surface area contributed by atoms with Gasteiger partial charge >= 0.3 is 0 Å². The van der Waals surface area contributed by atoms with Gasteiger partial charge in [-0.2, -0.15) is 8.42 Å². The first-order chi connectivity index (χ1) is 6.01. The van der Waals surface area contributed by atoms with Crippen molar-refractivity contribution >= 4 is 10.1 Å². The fourth-order valence-electron chi connectivity index (χ4n) is 1.63. The molecule has 1 saturated heterocycles. The molecule has 5 heteroatoms. The van der Waals surface area contributed by atoms with Gasteiger partial charge < -0.3 is 4.90 Å². The van der Waals surface area contributed by atoms with Gasteiger partial charge in [0.15, 0.2) is 0 Å². The topological polar surface area (TPSA) is 46.6 Å². The molecule has 0 amide bonds. The SMILES string of the molecule is CCN1CCCC(OS(C)(=O)=O)C1. The highest BCUT2D eigenvalue weighted by Gasteiger charge is 2.22. The summed E-state index contributed by atoms with van der Waals surface area (Å²) < 4.78 is 26.6. The lowest BCUT2D eigenvalue weighted by Gasteiger charge is -2.30. The average molecular weight is 207 g/mol. The van der Waals surface area contributed by atoms with Gasteiger partial charge in [-0.25, -0.2) is 0 Å². The number of piperidine rings is 1. The van der Waals surface area contributed by atoms with Crippen LogP contribution in [0.2, 0.25) is 0 Å². The summed E-state index contributed by atoms with van der Waals surface area (Å²) in [5.74, 6) is 0. The van der Waals surface area contributed by atoms with E-state index in [-0.39, 0.29) is 6.10 Å². The molecule has 0 spiro atoms. The minimum atomic E-state index is -3.28. The smallest absolute Gasteiger partial charge is 0.264 e. The van der Waals surface area contributed by atoms with Crippen molar-refractivity contribution in [2.24, 2.45) is 0 Å². The maximum absolute atomic E-state index is 10.9. The lowest BCUT2D eigenvalue weighted by Crippen LogP contribution is -2.40. The van der Waals surface area contributed by atoms with Crippen LogP contribution < -0.4 is 0 Å². The van der Waals surface area contributed by atoms with E-state index in [4.69, 9.17) is 4.18 Å². The number of nitrogens with zero attached hydrogens (tertiary/aromatic N) is 1. The van der Waals surface area contributed by atoms with Crippen LogP contribution in [0.5, 0.6) is 0 Å². The van der Waals surface area contributed by atoms with Crippen LogP contribution in [-0.4, -0.2) is 45.3 Å². The third-order valence-corrected chi connectivity index (χ3v) is 2.84. The second-order valence-electron chi connectivity index (χ2n) is 3.46. The van der Waals surface area contributed by atoms with Crippen LogP contribution in [0.4, 0.5) is 0 Å². The van der Waals surface area contributed by atoms with Crippen LogP contribution in [0.3, 0.4) is 0 Å². The van der Waals surface area contributed by atoms with Crippen molar-refractivity contribution in [3.63, 3.8) is 0 Å². The standard InChI is InChI=1S/C8H17NO3S/c1-3-9-6-4-5-8(7-9)12-13(2,10)11/h8H,3-7H2,1-2H3. The van der Waals surface area contributed by atoms with E-state index in [0.717, 1.165) is 38.7 Å². The summed E-state index contributed by atoms with van der Waals surface area (Å²) in [7, 11) is -3.28. The molecule has 0 bridgehead atoms. The lowest BCUT2D eigenvalue weighted by atomic mass is 10.1. The molecule has 1 fully saturated rings. The summed E-state index contributed by atoms with van der Waals surface area (Å²) in [6, 6.07) is 0. The molecule has 0 saturated carbocycles. The van der Waals surface area contributed by atoms with E-state index in [9.17, 15) is 8.42 Å². The van der Waals surface area contributed by atoms with Gasteiger partial charge in [0.05, 0.1) is 12.4 Å². The van der Waals surface area contributed by atoms with Crippen LogP contribution in [0, 0.1) is 0 Å². The fourth-order valence-corrected chi connectivity index (χ4v) is 2.28. The van der Waals surface area contributed by atoms with Crippen molar-refractivity contribution in [2.75, 3.05) is 25.9 Å². The number of rotatable bonds is 3. The van der Waals surface area contributed by atoms with Crippen molar-refractivity contribution in [2.45, 2.75) is 25.9 Å². The summed E-state index contributed by atoms with van der Waals surface area (Å²) in [6.07, 6.45) is 2.85. The normalized spacial score (nSPS) is 26.2. The molecule has 1 rings (SSSR count). The zero-order valence-electron chi connectivity index (χ0n) is 8.19. The summed E-state index contributed by atoms with van der Waals surface area (Å²) in [6.45, 7) is 4.83. The van der Waals surface area contributed by atoms with Crippen molar-refractivity contribution in [1.29, 1.82) is 0 Å². The Kier molecular flexibility index (Phi) is 3.70. The van der Waals surface area contributed by atoms with E-state index in [1.807, 2.05) is 0 Å². The van der Waals surface area contributed by atoms with E-state index in [1.165, 1.54) is 0 Å². The van der Waals surface area contributed by atoms with Crippen molar-refractivity contribution in [3.8, 4) is 0 Å². The van der Waals surface area contributed by atoms with E-state index < -0.39 is 10.1 Å². The molecule has 4 nitrogen and oxygen atoms in total. The molecule has 1 aliphatic rings. The zero-order chi connectivity index (χ0) is 9.90. The third-order valence-electron chi connectivity index (χ3n) is 2.22. The van der Waals surface area contributed by atoms with Crippen LogP contribution in [-0.2, 0) is 14.3 Å². The molecule has 13 heavy (non-hydrogen) atoms. The Labute approximate surface area is 80.0 Å².